The van der Waals surface area contributed by atoms with Crippen molar-refractivity contribution in [2.24, 2.45) is 10.4 Å². The molecule has 0 atom stereocenters. The molecule has 0 saturated carbocycles. The van der Waals surface area contributed by atoms with E-state index in [1.54, 1.807) is 11.8 Å². The average molecular weight is 168 g/mol. The number of amidine groups is 1. The highest BCUT2D eigenvalue weighted by molar-refractivity contribution is 6.01. The second kappa shape index (κ2) is 2.88. The van der Waals surface area contributed by atoms with Gasteiger partial charge in [-0.05, 0) is 0 Å². The maximum absolute atomic E-state index is 11.1. The lowest BCUT2D eigenvalue weighted by Gasteiger charge is -2.26. The van der Waals surface area contributed by atoms with Gasteiger partial charge in [-0.2, -0.15) is 0 Å². The summed E-state index contributed by atoms with van der Waals surface area (Å²) in [5.41, 5.74) is -0.0117. The molecule has 0 bridgehead atoms. The van der Waals surface area contributed by atoms with Gasteiger partial charge in [0.15, 0.2) is 0 Å². The lowest BCUT2D eigenvalue weighted by Crippen LogP contribution is -2.39. The normalized spacial score (nSPS) is 18.0. The van der Waals surface area contributed by atoms with E-state index < -0.39 is 0 Å². The van der Waals surface area contributed by atoms with E-state index in [4.69, 9.17) is 0 Å². The van der Waals surface area contributed by atoms with E-state index in [1.165, 1.54) is 0 Å². The first-order valence-corrected chi connectivity index (χ1v) is 4.26. The standard InChI is InChI=1S/C9H16N2O/c1-7(12)11-6-5-10-8(11)9(2,3)4/h5-6H2,1-4H3. The van der Waals surface area contributed by atoms with Gasteiger partial charge < -0.3 is 0 Å². The van der Waals surface area contributed by atoms with Crippen LogP contribution in [-0.2, 0) is 4.79 Å². The smallest absolute Gasteiger partial charge is 0.224 e. The van der Waals surface area contributed by atoms with Crippen LogP contribution < -0.4 is 0 Å². The monoisotopic (exact) mass is 168 g/mol. The van der Waals surface area contributed by atoms with Crippen LogP contribution in [0.1, 0.15) is 27.7 Å². The van der Waals surface area contributed by atoms with Gasteiger partial charge >= 0.3 is 0 Å². The molecule has 3 heteroatoms. The van der Waals surface area contributed by atoms with Crippen LogP contribution in [0, 0.1) is 5.41 Å². The topological polar surface area (TPSA) is 32.7 Å². The average Bonchev–Trinajstić information content (AvgIpc) is 2.30. The number of nitrogens with zero attached hydrogens (tertiary/aromatic N) is 2. The number of carbonyl (C=O) groups excluding carboxylic acids is 1. The number of hydrogen-bond acceptors (Lipinski definition) is 2. The molecule has 1 aliphatic heterocycles. The predicted molar refractivity (Wildman–Crippen MR) is 49.1 cm³/mol. The Morgan fingerprint density at radius 1 is 1.50 bits per heavy atom. The Bertz CT molecular complexity index is 225. The van der Waals surface area contributed by atoms with Gasteiger partial charge in [0.25, 0.3) is 0 Å². The molecule has 0 aliphatic carbocycles. The molecule has 68 valence electrons. The SMILES string of the molecule is CC(=O)N1CCN=C1C(C)(C)C. The minimum atomic E-state index is -0.0117. The minimum absolute atomic E-state index is 0.0117. The molecule has 3 nitrogen and oxygen atoms in total. The number of amides is 1. The number of carbonyl (C=O) groups is 1. The fraction of sp³-hybridized carbons (Fsp3) is 0.778. The molecule has 0 radical (unpaired) electrons. The van der Waals surface area contributed by atoms with Crippen molar-refractivity contribution in [3.8, 4) is 0 Å². The molecule has 0 aromatic heterocycles. The Hall–Kier alpha value is -0.860. The van der Waals surface area contributed by atoms with Crippen LogP contribution >= 0.6 is 0 Å². The molecule has 1 amide bonds. The van der Waals surface area contributed by atoms with Gasteiger partial charge in [-0.1, -0.05) is 20.8 Å². The first-order valence-electron chi connectivity index (χ1n) is 4.26. The molecular weight excluding hydrogens is 152 g/mol. The third-order valence-corrected chi connectivity index (χ3v) is 1.89. The van der Waals surface area contributed by atoms with Gasteiger partial charge in [-0.15, -0.1) is 0 Å². The highest BCUT2D eigenvalue weighted by atomic mass is 16.2. The lowest BCUT2D eigenvalue weighted by atomic mass is 9.94. The summed E-state index contributed by atoms with van der Waals surface area (Å²) in [5.74, 6) is 1.02. The van der Waals surface area contributed by atoms with Crippen molar-refractivity contribution in [3.63, 3.8) is 0 Å². The summed E-state index contributed by atoms with van der Waals surface area (Å²) in [4.78, 5) is 17.2. The molecule has 1 rings (SSSR count). The van der Waals surface area contributed by atoms with E-state index in [9.17, 15) is 4.79 Å². The minimum Gasteiger partial charge on any atom is -0.299 e. The highest BCUT2D eigenvalue weighted by Crippen LogP contribution is 2.21. The van der Waals surface area contributed by atoms with E-state index in [0.717, 1.165) is 18.9 Å². The van der Waals surface area contributed by atoms with E-state index in [-0.39, 0.29) is 11.3 Å². The fourth-order valence-corrected chi connectivity index (χ4v) is 1.40. The molecule has 0 N–H and O–H groups in total. The Morgan fingerprint density at radius 3 is 2.42 bits per heavy atom. The van der Waals surface area contributed by atoms with Crippen LogP contribution in [0.4, 0.5) is 0 Å². The van der Waals surface area contributed by atoms with Crippen LogP contribution in [-0.4, -0.2) is 29.7 Å². The summed E-state index contributed by atoms with van der Waals surface area (Å²) in [5, 5.41) is 0. The van der Waals surface area contributed by atoms with E-state index in [0.29, 0.717) is 0 Å². The van der Waals surface area contributed by atoms with Crippen LogP contribution in [0.2, 0.25) is 0 Å². The summed E-state index contributed by atoms with van der Waals surface area (Å²) in [6.07, 6.45) is 0. The molecule has 0 fully saturated rings. The van der Waals surface area contributed by atoms with Gasteiger partial charge in [0.1, 0.15) is 5.84 Å². The molecule has 1 heterocycles. The summed E-state index contributed by atoms with van der Waals surface area (Å²) in [7, 11) is 0. The molecule has 0 spiro atoms. The first-order chi connectivity index (χ1) is 5.43. The van der Waals surface area contributed by atoms with Gasteiger partial charge in [0.2, 0.25) is 5.91 Å². The van der Waals surface area contributed by atoms with Crippen molar-refractivity contribution < 1.29 is 4.79 Å². The van der Waals surface area contributed by atoms with Crippen molar-refractivity contribution in [2.45, 2.75) is 27.7 Å². The van der Waals surface area contributed by atoms with Crippen molar-refractivity contribution in [3.05, 3.63) is 0 Å². The number of aliphatic imine (C=N–C) groups is 1. The molecule has 0 saturated heterocycles. The Kier molecular flexibility index (Phi) is 2.22. The summed E-state index contributed by atoms with van der Waals surface area (Å²) < 4.78 is 0. The molecule has 0 unspecified atom stereocenters. The fourth-order valence-electron chi connectivity index (χ4n) is 1.40. The van der Waals surface area contributed by atoms with Crippen LogP contribution in [0.3, 0.4) is 0 Å². The molecule has 0 aromatic carbocycles. The lowest BCUT2D eigenvalue weighted by molar-refractivity contribution is -0.125. The zero-order valence-electron chi connectivity index (χ0n) is 8.22. The highest BCUT2D eigenvalue weighted by Gasteiger charge is 2.29. The molecule has 12 heavy (non-hydrogen) atoms. The van der Waals surface area contributed by atoms with Crippen molar-refractivity contribution >= 4 is 11.7 Å². The Balaban J connectivity index is 2.83. The third kappa shape index (κ3) is 1.65. The van der Waals surface area contributed by atoms with Gasteiger partial charge in [0.05, 0.1) is 6.54 Å². The maximum Gasteiger partial charge on any atom is 0.224 e. The molecule has 1 aliphatic rings. The Morgan fingerprint density at radius 2 is 2.08 bits per heavy atom. The van der Waals surface area contributed by atoms with Crippen LogP contribution in [0.25, 0.3) is 0 Å². The summed E-state index contributed by atoms with van der Waals surface area (Å²) in [6, 6.07) is 0. The quantitative estimate of drug-likeness (QED) is 0.536. The van der Waals surface area contributed by atoms with E-state index in [2.05, 4.69) is 25.8 Å². The van der Waals surface area contributed by atoms with Crippen LogP contribution in [0.15, 0.2) is 4.99 Å². The van der Waals surface area contributed by atoms with Crippen LogP contribution in [0.5, 0.6) is 0 Å². The molecular formula is C9H16N2O. The summed E-state index contributed by atoms with van der Waals surface area (Å²) in [6.45, 7) is 9.33. The van der Waals surface area contributed by atoms with Gasteiger partial charge in [0, 0.05) is 18.9 Å². The summed E-state index contributed by atoms with van der Waals surface area (Å²) >= 11 is 0. The zero-order valence-corrected chi connectivity index (χ0v) is 8.22. The predicted octanol–water partition coefficient (Wildman–Crippen LogP) is 1.29. The number of hydrogen-bond donors (Lipinski definition) is 0. The second-order valence-electron chi connectivity index (χ2n) is 4.13. The maximum atomic E-state index is 11.1. The largest absolute Gasteiger partial charge is 0.299 e. The van der Waals surface area contributed by atoms with Crippen molar-refractivity contribution in [1.29, 1.82) is 0 Å². The Labute approximate surface area is 73.5 Å². The van der Waals surface area contributed by atoms with Gasteiger partial charge in [-0.3, -0.25) is 14.7 Å². The van der Waals surface area contributed by atoms with Crippen molar-refractivity contribution in [2.75, 3.05) is 13.1 Å². The molecule has 0 aromatic rings. The first kappa shape index (κ1) is 9.23. The van der Waals surface area contributed by atoms with E-state index >= 15 is 0 Å². The van der Waals surface area contributed by atoms with E-state index in [1.807, 2.05) is 0 Å². The third-order valence-electron chi connectivity index (χ3n) is 1.89. The van der Waals surface area contributed by atoms with Gasteiger partial charge in [-0.25, -0.2) is 0 Å². The second-order valence-corrected chi connectivity index (χ2v) is 4.13. The number of rotatable bonds is 0. The zero-order chi connectivity index (χ0) is 9.35. The van der Waals surface area contributed by atoms with Crippen molar-refractivity contribution in [1.82, 2.24) is 4.90 Å².